The lowest BCUT2D eigenvalue weighted by Crippen LogP contribution is -2.29. The van der Waals surface area contributed by atoms with E-state index in [1.54, 1.807) is 42.8 Å². The van der Waals surface area contributed by atoms with Gasteiger partial charge in [-0.25, -0.2) is 8.91 Å². The van der Waals surface area contributed by atoms with Crippen LogP contribution in [0.15, 0.2) is 109 Å². The highest BCUT2D eigenvalue weighted by Gasteiger charge is 2.22. The van der Waals surface area contributed by atoms with E-state index in [-0.39, 0.29) is 22.9 Å². The molecule has 0 aliphatic heterocycles. The molecule has 0 unspecified atom stereocenters. The van der Waals surface area contributed by atoms with Gasteiger partial charge < -0.3 is 20.7 Å². The number of carbonyl (C=O) groups excluding carboxylic acids is 2. The molecule has 0 fully saturated rings. The van der Waals surface area contributed by atoms with Gasteiger partial charge in [-0.05, 0) is 42.8 Å². The molecular weight excluding hydrogens is 511 g/mol. The molecule has 40 heavy (non-hydrogen) atoms. The Kier molecular flexibility index (Phi) is 7.49. The fraction of sp³-hybridized carbons (Fsp3) is 0.0667. The number of carbonyl (C=O) groups is 2. The lowest BCUT2D eigenvalue weighted by Gasteiger charge is -2.14. The maximum Gasteiger partial charge on any atom is 0.263 e. The number of fused-ring (bicyclic) bond motifs is 1. The van der Waals surface area contributed by atoms with Crippen molar-refractivity contribution in [2.75, 3.05) is 17.7 Å². The quantitative estimate of drug-likeness (QED) is 0.139. The van der Waals surface area contributed by atoms with Crippen molar-refractivity contribution in [3.63, 3.8) is 0 Å². The van der Waals surface area contributed by atoms with Crippen molar-refractivity contribution < 1.29 is 18.7 Å². The standard InChI is InChI=1S/C30H25FN6O3/c1-19(32-2)27(28(38)35-22-11-7-4-8-12-22)29(39)36-23-13-14-26(24(31)16-23)40-30-25-15-21(17-37(25)34-18-33-30)20-9-5-3-6-10-20/h3-18,32H,1-2H3,(H,35,38)(H,36,39)/b27-19+. The first kappa shape index (κ1) is 26.1. The minimum atomic E-state index is -0.728. The molecule has 0 saturated heterocycles. The monoisotopic (exact) mass is 536 g/mol. The molecule has 0 spiro atoms. The van der Waals surface area contributed by atoms with Gasteiger partial charge in [-0.15, -0.1) is 0 Å². The number of ether oxygens (including phenoxy) is 1. The number of amides is 2. The van der Waals surface area contributed by atoms with Gasteiger partial charge in [0, 0.05) is 41.9 Å². The number of hydrogen-bond donors (Lipinski definition) is 3. The zero-order valence-electron chi connectivity index (χ0n) is 21.7. The number of rotatable bonds is 8. The van der Waals surface area contributed by atoms with Crippen LogP contribution in [0.1, 0.15) is 6.92 Å². The van der Waals surface area contributed by atoms with Gasteiger partial charge in [0.25, 0.3) is 11.8 Å². The van der Waals surface area contributed by atoms with Gasteiger partial charge in [-0.1, -0.05) is 48.5 Å². The Morgan fingerprint density at radius 3 is 2.20 bits per heavy atom. The molecule has 5 aromatic rings. The zero-order chi connectivity index (χ0) is 28.1. The summed E-state index contributed by atoms with van der Waals surface area (Å²) in [6.45, 7) is 1.60. The fourth-order valence-corrected chi connectivity index (χ4v) is 4.02. The second kappa shape index (κ2) is 11.5. The van der Waals surface area contributed by atoms with Crippen molar-refractivity contribution in [3.05, 3.63) is 115 Å². The van der Waals surface area contributed by atoms with E-state index in [1.165, 1.54) is 18.5 Å². The van der Waals surface area contributed by atoms with Crippen molar-refractivity contribution in [2.45, 2.75) is 6.92 Å². The summed E-state index contributed by atoms with van der Waals surface area (Å²) in [6, 6.07) is 24.3. The van der Waals surface area contributed by atoms with Gasteiger partial charge in [0.15, 0.2) is 11.6 Å². The van der Waals surface area contributed by atoms with Crippen LogP contribution in [0, 0.1) is 5.82 Å². The van der Waals surface area contributed by atoms with E-state index < -0.39 is 17.6 Å². The number of hydrogen-bond acceptors (Lipinski definition) is 6. The van der Waals surface area contributed by atoms with Crippen LogP contribution in [0.5, 0.6) is 11.6 Å². The smallest absolute Gasteiger partial charge is 0.263 e. The van der Waals surface area contributed by atoms with Gasteiger partial charge in [0.05, 0.1) is 0 Å². The number of aromatic nitrogens is 3. The minimum absolute atomic E-state index is 0.0925. The SMILES string of the molecule is CN/C(C)=C(\C(=O)Nc1ccccc1)C(=O)Nc1ccc(Oc2ncnn3cc(-c4ccccc4)cc23)c(F)c1. The van der Waals surface area contributed by atoms with Crippen LogP contribution in [0.3, 0.4) is 0 Å². The lowest BCUT2D eigenvalue weighted by atomic mass is 10.1. The summed E-state index contributed by atoms with van der Waals surface area (Å²) < 4.78 is 22.5. The summed E-state index contributed by atoms with van der Waals surface area (Å²) in [6.07, 6.45) is 3.16. The second-order valence-corrected chi connectivity index (χ2v) is 8.76. The lowest BCUT2D eigenvalue weighted by molar-refractivity contribution is -0.118. The van der Waals surface area contributed by atoms with E-state index in [0.29, 0.717) is 16.9 Å². The van der Waals surface area contributed by atoms with Gasteiger partial charge >= 0.3 is 0 Å². The van der Waals surface area contributed by atoms with E-state index in [1.807, 2.05) is 48.7 Å². The van der Waals surface area contributed by atoms with Crippen LogP contribution < -0.4 is 20.7 Å². The molecule has 9 nitrogen and oxygen atoms in total. The summed E-state index contributed by atoms with van der Waals surface area (Å²) in [5, 5.41) is 12.3. The van der Waals surface area contributed by atoms with Gasteiger partial charge in [-0.3, -0.25) is 9.59 Å². The second-order valence-electron chi connectivity index (χ2n) is 8.76. The van der Waals surface area contributed by atoms with Crippen LogP contribution in [0.2, 0.25) is 0 Å². The third-order valence-electron chi connectivity index (χ3n) is 6.11. The predicted molar refractivity (Wildman–Crippen MR) is 150 cm³/mol. The van der Waals surface area contributed by atoms with Gasteiger partial charge in [0.1, 0.15) is 17.4 Å². The third kappa shape index (κ3) is 5.65. The molecule has 2 amide bonds. The van der Waals surface area contributed by atoms with E-state index in [4.69, 9.17) is 4.74 Å². The van der Waals surface area contributed by atoms with Crippen LogP contribution in [0.4, 0.5) is 15.8 Å². The molecule has 0 bridgehead atoms. The third-order valence-corrected chi connectivity index (χ3v) is 6.11. The Hall–Kier alpha value is -5.51. The van der Waals surface area contributed by atoms with E-state index in [9.17, 15) is 9.59 Å². The number of para-hydroxylation sites is 1. The number of benzene rings is 3. The number of allylic oxidation sites excluding steroid dienone is 1. The van der Waals surface area contributed by atoms with Crippen molar-refractivity contribution >= 4 is 28.7 Å². The fourth-order valence-electron chi connectivity index (χ4n) is 4.02. The summed E-state index contributed by atoms with van der Waals surface area (Å²) in [4.78, 5) is 30.1. The molecular formula is C30H25FN6O3. The molecule has 200 valence electrons. The van der Waals surface area contributed by atoms with E-state index in [0.717, 1.165) is 17.2 Å². The molecule has 0 saturated carbocycles. The maximum atomic E-state index is 15.1. The van der Waals surface area contributed by atoms with Crippen molar-refractivity contribution in [1.29, 1.82) is 0 Å². The largest absolute Gasteiger partial charge is 0.434 e. The zero-order valence-corrected chi connectivity index (χ0v) is 21.7. The van der Waals surface area contributed by atoms with Crippen LogP contribution in [0.25, 0.3) is 16.6 Å². The number of halogens is 1. The molecule has 2 aromatic heterocycles. The topological polar surface area (TPSA) is 110 Å². The molecule has 2 heterocycles. The van der Waals surface area contributed by atoms with Gasteiger partial charge in [0.2, 0.25) is 5.88 Å². The average Bonchev–Trinajstić information content (AvgIpc) is 3.41. The minimum Gasteiger partial charge on any atom is -0.434 e. The first-order chi connectivity index (χ1) is 19.4. The van der Waals surface area contributed by atoms with E-state index >= 15 is 4.39 Å². The Bertz CT molecular complexity index is 1720. The van der Waals surface area contributed by atoms with Crippen molar-refractivity contribution in [2.24, 2.45) is 0 Å². The summed E-state index contributed by atoms with van der Waals surface area (Å²) >= 11 is 0. The maximum absolute atomic E-state index is 15.1. The highest BCUT2D eigenvalue weighted by Crippen LogP contribution is 2.31. The number of nitrogens with zero attached hydrogens (tertiary/aromatic N) is 3. The van der Waals surface area contributed by atoms with Crippen LogP contribution in [-0.4, -0.2) is 33.5 Å². The Labute approximate surface area is 229 Å². The predicted octanol–water partition coefficient (Wildman–Crippen LogP) is 5.40. The van der Waals surface area contributed by atoms with E-state index in [2.05, 4.69) is 26.0 Å². The first-order valence-electron chi connectivity index (χ1n) is 12.4. The highest BCUT2D eigenvalue weighted by atomic mass is 19.1. The Morgan fingerprint density at radius 2 is 1.52 bits per heavy atom. The molecule has 3 N–H and O–H groups in total. The Balaban J connectivity index is 1.34. The number of anilines is 2. The van der Waals surface area contributed by atoms with Crippen molar-refractivity contribution in [1.82, 2.24) is 19.9 Å². The molecule has 5 rings (SSSR count). The normalized spacial score (nSPS) is 11.5. The van der Waals surface area contributed by atoms with Crippen LogP contribution in [-0.2, 0) is 9.59 Å². The molecule has 0 atom stereocenters. The number of nitrogens with one attached hydrogen (secondary N) is 3. The molecule has 0 aliphatic carbocycles. The first-order valence-corrected chi connectivity index (χ1v) is 12.4. The molecule has 0 aliphatic rings. The van der Waals surface area contributed by atoms with Crippen molar-refractivity contribution in [3.8, 4) is 22.8 Å². The molecule has 10 heteroatoms. The highest BCUT2D eigenvalue weighted by molar-refractivity contribution is 6.26. The van der Waals surface area contributed by atoms with Gasteiger partial charge in [-0.2, -0.15) is 10.1 Å². The average molecular weight is 537 g/mol. The summed E-state index contributed by atoms with van der Waals surface area (Å²) in [5.41, 5.74) is 3.34. The molecule has 3 aromatic carbocycles. The summed E-state index contributed by atoms with van der Waals surface area (Å²) in [5.74, 6) is -1.96. The Morgan fingerprint density at radius 1 is 0.850 bits per heavy atom. The molecule has 0 radical (unpaired) electrons. The van der Waals surface area contributed by atoms with Crippen LogP contribution >= 0.6 is 0 Å². The summed E-state index contributed by atoms with van der Waals surface area (Å²) in [7, 11) is 1.60.